The molecule has 1 aliphatic rings. The van der Waals surface area contributed by atoms with Crippen molar-refractivity contribution in [2.45, 2.75) is 37.8 Å². The highest BCUT2D eigenvalue weighted by Crippen LogP contribution is 2.32. The van der Waals surface area contributed by atoms with Crippen LogP contribution in [0.5, 0.6) is 0 Å². The van der Waals surface area contributed by atoms with Gasteiger partial charge in [-0.25, -0.2) is 13.4 Å². The van der Waals surface area contributed by atoms with Gasteiger partial charge in [0.1, 0.15) is 11.4 Å². The lowest BCUT2D eigenvalue weighted by Gasteiger charge is -2.25. The first-order valence-electron chi connectivity index (χ1n) is 10.4. The summed E-state index contributed by atoms with van der Waals surface area (Å²) >= 11 is 0. The Morgan fingerprint density at radius 3 is 2.66 bits per heavy atom. The summed E-state index contributed by atoms with van der Waals surface area (Å²) in [5, 5.41) is 3.80. The Hall–Kier alpha value is -2.97. The average molecular weight is 454 g/mol. The Morgan fingerprint density at radius 1 is 1.16 bits per heavy atom. The summed E-state index contributed by atoms with van der Waals surface area (Å²) in [5.41, 5.74) is 2.11. The molecule has 1 N–H and O–H groups in total. The van der Waals surface area contributed by atoms with Crippen molar-refractivity contribution in [2.75, 3.05) is 29.6 Å². The number of anilines is 2. The van der Waals surface area contributed by atoms with Crippen molar-refractivity contribution in [1.29, 1.82) is 0 Å². The lowest BCUT2D eigenvalue weighted by molar-refractivity contribution is -0.133. The van der Waals surface area contributed by atoms with Crippen LogP contribution in [-0.4, -0.2) is 44.3 Å². The molecular formula is C24H27N3O4S. The lowest BCUT2D eigenvalue weighted by Crippen LogP contribution is -2.39. The summed E-state index contributed by atoms with van der Waals surface area (Å²) in [6.07, 6.45) is 0. The van der Waals surface area contributed by atoms with Crippen molar-refractivity contribution < 1.29 is 17.9 Å². The van der Waals surface area contributed by atoms with E-state index in [2.05, 4.69) is 5.32 Å². The van der Waals surface area contributed by atoms with Gasteiger partial charge >= 0.3 is 0 Å². The number of pyridine rings is 1. The van der Waals surface area contributed by atoms with E-state index >= 15 is 0 Å². The minimum absolute atomic E-state index is 0.00394. The van der Waals surface area contributed by atoms with Crippen LogP contribution in [-0.2, 0) is 25.9 Å². The van der Waals surface area contributed by atoms with Crippen molar-refractivity contribution >= 4 is 38.2 Å². The number of carbonyl (C=O) groups excluding carboxylic acids is 1. The summed E-state index contributed by atoms with van der Waals surface area (Å²) in [6.45, 7) is 6.10. The molecule has 7 nitrogen and oxygen atoms in total. The van der Waals surface area contributed by atoms with E-state index in [4.69, 9.17) is 9.72 Å². The van der Waals surface area contributed by atoms with Gasteiger partial charge in [0.05, 0.1) is 21.9 Å². The van der Waals surface area contributed by atoms with E-state index in [1.165, 1.54) is 7.11 Å². The summed E-state index contributed by atoms with van der Waals surface area (Å²) in [6, 6.07) is 14.7. The molecule has 1 amide bonds. The number of nitrogens with zero attached hydrogens (tertiary/aromatic N) is 2. The Morgan fingerprint density at radius 2 is 1.91 bits per heavy atom. The molecular weight excluding hydrogens is 426 g/mol. The van der Waals surface area contributed by atoms with Crippen LogP contribution < -0.4 is 10.2 Å². The lowest BCUT2D eigenvalue weighted by atomic mass is 10.1. The molecule has 0 aliphatic carbocycles. The minimum atomic E-state index is -3.38. The number of methoxy groups -OCH3 is 1. The average Bonchev–Trinajstić information content (AvgIpc) is 2.90. The largest absolute Gasteiger partial charge is 0.369 e. The van der Waals surface area contributed by atoms with Gasteiger partial charge in [-0.2, -0.15) is 0 Å². The number of aromatic nitrogens is 1. The van der Waals surface area contributed by atoms with Crippen LogP contribution >= 0.6 is 0 Å². The predicted octanol–water partition coefficient (Wildman–Crippen LogP) is 3.70. The molecule has 4 rings (SSSR count). The molecule has 1 aliphatic heterocycles. The summed E-state index contributed by atoms with van der Waals surface area (Å²) < 4.78 is 30.8. The van der Waals surface area contributed by atoms with E-state index in [1.54, 1.807) is 26.0 Å². The Bertz CT molecular complexity index is 1300. The van der Waals surface area contributed by atoms with Crippen LogP contribution in [0.4, 0.5) is 11.5 Å². The van der Waals surface area contributed by atoms with Gasteiger partial charge < -0.3 is 15.0 Å². The number of rotatable bonds is 4. The van der Waals surface area contributed by atoms with Crippen molar-refractivity contribution in [3.8, 4) is 0 Å². The van der Waals surface area contributed by atoms with E-state index < -0.39 is 15.4 Å². The molecule has 0 spiro atoms. The number of benzene rings is 2. The van der Waals surface area contributed by atoms with Crippen molar-refractivity contribution in [3.63, 3.8) is 0 Å². The maximum absolute atomic E-state index is 12.8. The number of amides is 1. The molecule has 0 atom stereocenters. The Labute approximate surface area is 188 Å². The first-order valence-corrected chi connectivity index (χ1v) is 12.1. The van der Waals surface area contributed by atoms with Crippen LogP contribution in [0.2, 0.25) is 0 Å². The molecule has 3 aromatic rings. The first-order chi connectivity index (χ1) is 15.1. The van der Waals surface area contributed by atoms with E-state index in [0.29, 0.717) is 29.5 Å². The molecule has 32 heavy (non-hydrogen) atoms. The molecule has 0 saturated heterocycles. The maximum atomic E-state index is 12.8. The number of fused-ring (bicyclic) bond motifs is 2. The zero-order valence-electron chi connectivity index (χ0n) is 18.7. The molecule has 2 heterocycles. The van der Waals surface area contributed by atoms with Gasteiger partial charge in [-0.1, -0.05) is 29.8 Å². The smallest absolute Gasteiger partial charge is 0.256 e. The van der Waals surface area contributed by atoms with Crippen LogP contribution in [0.1, 0.15) is 25.0 Å². The molecule has 1 aromatic heterocycles. The van der Waals surface area contributed by atoms with E-state index in [1.807, 2.05) is 48.2 Å². The Kier molecular flexibility index (Phi) is 5.68. The van der Waals surface area contributed by atoms with Gasteiger partial charge in [-0.15, -0.1) is 0 Å². The number of hydrogen-bond donors (Lipinski definition) is 1. The highest BCUT2D eigenvalue weighted by atomic mass is 32.2. The van der Waals surface area contributed by atoms with Gasteiger partial charge in [-0.3, -0.25) is 4.79 Å². The molecule has 0 radical (unpaired) electrons. The van der Waals surface area contributed by atoms with Gasteiger partial charge in [-0.05, 0) is 44.5 Å². The second-order valence-corrected chi connectivity index (χ2v) is 10.6. The van der Waals surface area contributed by atoms with Crippen LogP contribution in [0, 0.1) is 6.92 Å². The second kappa shape index (κ2) is 8.18. The number of sulfone groups is 1. The SMILES string of the molecule is COC(C)(C)C(=O)Nc1cc(N2CCS(=O)(=O)c3ccccc3C2)nc2ccc(C)cc12. The molecule has 0 bridgehead atoms. The van der Waals surface area contributed by atoms with Crippen LogP contribution in [0.3, 0.4) is 0 Å². The van der Waals surface area contributed by atoms with Gasteiger partial charge in [0.15, 0.2) is 9.84 Å². The van der Waals surface area contributed by atoms with E-state index in [-0.39, 0.29) is 11.7 Å². The number of hydrogen-bond acceptors (Lipinski definition) is 6. The van der Waals surface area contributed by atoms with Gasteiger partial charge in [0, 0.05) is 31.7 Å². The maximum Gasteiger partial charge on any atom is 0.256 e. The predicted molar refractivity (Wildman–Crippen MR) is 126 cm³/mol. The third-order valence-electron chi connectivity index (χ3n) is 5.88. The minimum Gasteiger partial charge on any atom is -0.369 e. The summed E-state index contributed by atoms with van der Waals surface area (Å²) in [4.78, 5) is 20.0. The molecule has 0 fully saturated rings. The van der Waals surface area contributed by atoms with Crippen molar-refractivity contribution in [2.24, 2.45) is 0 Å². The quantitative estimate of drug-likeness (QED) is 0.648. The number of aryl methyl sites for hydroxylation is 1. The fourth-order valence-corrected chi connectivity index (χ4v) is 5.21. The summed E-state index contributed by atoms with van der Waals surface area (Å²) in [5.74, 6) is 0.332. The number of nitrogens with one attached hydrogen (secondary N) is 1. The van der Waals surface area contributed by atoms with Crippen molar-refractivity contribution in [1.82, 2.24) is 4.98 Å². The number of carbonyl (C=O) groups is 1. The zero-order valence-corrected chi connectivity index (χ0v) is 19.5. The van der Waals surface area contributed by atoms with Crippen LogP contribution in [0.15, 0.2) is 53.4 Å². The monoisotopic (exact) mass is 453 g/mol. The molecule has 0 saturated carbocycles. The number of ether oxygens (including phenoxy) is 1. The molecule has 168 valence electrons. The highest BCUT2D eigenvalue weighted by Gasteiger charge is 2.29. The zero-order chi connectivity index (χ0) is 23.1. The Balaban J connectivity index is 1.80. The van der Waals surface area contributed by atoms with Crippen LogP contribution in [0.25, 0.3) is 10.9 Å². The normalized spacial score (nSPS) is 15.8. The third-order valence-corrected chi connectivity index (χ3v) is 7.67. The van der Waals surface area contributed by atoms with E-state index in [9.17, 15) is 13.2 Å². The second-order valence-electron chi connectivity index (χ2n) is 8.57. The molecule has 8 heteroatoms. The molecule has 0 unspecified atom stereocenters. The fourth-order valence-electron chi connectivity index (χ4n) is 3.72. The third kappa shape index (κ3) is 4.20. The fraction of sp³-hybridized carbons (Fsp3) is 0.333. The highest BCUT2D eigenvalue weighted by molar-refractivity contribution is 7.91. The molecule has 2 aromatic carbocycles. The van der Waals surface area contributed by atoms with Gasteiger partial charge in [0.25, 0.3) is 5.91 Å². The summed E-state index contributed by atoms with van der Waals surface area (Å²) in [7, 11) is -1.88. The van der Waals surface area contributed by atoms with E-state index in [0.717, 1.165) is 22.0 Å². The standard InChI is InChI=1S/C24H27N3O4S/c1-16-9-10-19-18(13-16)20(26-23(28)24(2,3)31-4)14-22(25-19)27-11-12-32(29,30)21-8-6-5-7-17(21)15-27/h5-10,13-14H,11-12,15H2,1-4H3,(H,25,26,28). The van der Waals surface area contributed by atoms with Gasteiger partial charge in [0.2, 0.25) is 0 Å². The van der Waals surface area contributed by atoms with Crippen molar-refractivity contribution in [3.05, 3.63) is 59.7 Å². The topological polar surface area (TPSA) is 88.6 Å². The first kappa shape index (κ1) is 22.2.